The Bertz CT molecular complexity index is 352. The minimum Gasteiger partial charge on any atom is -0.329 e. The summed E-state index contributed by atoms with van der Waals surface area (Å²) in [5.41, 5.74) is 10.3. The average Bonchev–Trinajstić information content (AvgIpc) is 2.14. The number of alkyl halides is 3. The SMILES string of the molecule is NCC(N)c1cc(Cl)cc(C(F)(F)F)c1. The Morgan fingerprint density at radius 3 is 2.33 bits per heavy atom. The van der Waals surface area contributed by atoms with Gasteiger partial charge in [-0.15, -0.1) is 0 Å². The van der Waals surface area contributed by atoms with E-state index in [9.17, 15) is 13.2 Å². The van der Waals surface area contributed by atoms with Crippen molar-refractivity contribution in [2.45, 2.75) is 12.2 Å². The molecule has 0 aliphatic heterocycles. The normalized spacial score (nSPS) is 14.0. The van der Waals surface area contributed by atoms with E-state index in [-0.39, 0.29) is 17.1 Å². The van der Waals surface area contributed by atoms with Crippen molar-refractivity contribution in [3.63, 3.8) is 0 Å². The molecule has 0 aromatic heterocycles. The summed E-state index contributed by atoms with van der Waals surface area (Å²) in [6.07, 6.45) is -4.42. The number of nitrogens with two attached hydrogens (primary N) is 2. The van der Waals surface area contributed by atoms with Gasteiger partial charge in [-0.2, -0.15) is 13.2 Å². The second-order valence-corrected chi connectivity index (χ2v) is 3.55. The fraction of sp³-hybridized carbons (Fsp3) is 0.333. The average molecular weight is 239 g/mol. The second-order valence-electron chi connectivity index (χ2n) is 3.11. The van der Waals surface area contributed by atoms with E-state index in [0.717, 1.165) is 12.1 Å². The Labute approximate surface area is 90.0 Å². The number of rotatable bonds is 2. The van der Waals surface area contributed by atoms with Crippen LogP contribution < -0.4 is 11.5 Å². The Morgan fingerprint density at radius 1 is 1.27 bits per heavy atom. The van der Waals surface area contributed by atoms with Gasteiger partial charge in [0.05, 0.1) is 5.56 Å². The molecule has 0 saturated heterocycles. The molecule has 15 heavy (non-hydrogen) atoms. The van der Waals surface area contributed by atoms with E-state index in [1.807, 2.05) is 0 Å². The number of hydrogen-bond acceptors (Lipinski definition) is 2. The third-order valence-electron chi connectivity index (χ3n) is 1.93. The third kappa shape index (κ3) is 3.09. The third-order valence-corrected chi connectivity index (χ3v) is 2.15. The van der Waals surface area contributed by atoms with E-state index in [1.165, 1.54) is 6.07 Å². The van der Waals surface area contributed by atoms with E-state index in [4.69, 9.17) is 23.1 Å². The second kappa shape index (κ2) is 4.38. The summed E-state index contributed by atoms with van der Waals surface area (Å²) < 4.78 is 37.2. The molecular weight excluding hydrogens is 229 g/mol. The Kier molecular flexibility index (Phi) is 3.59. The van der Waals surface area contributed by atoms with Gasteiger partial charge in [0.15, 0.2) is 0 Å². The highest BCUT2D eigenvalue weighted by Gasteiger charge is 2.31. The molecule has 0 amide bonds. The topological polar surface area (TPSA) is 52.0 Å². The highest BCUT2D eigenvalue weighted by atomic mass is 35.5. The predicted molar refractivity (Wildman–Crippen MR) is 52.4 cm³/mol. The summed E-state index contributed by atoms with van der Waals surface area (Å²) in [7, 11) is 0. The summed E-state index contributed by atoms with van der Waals surface area (Å²) in [6, 6.07) is 2.57. The van der Waals surface area contributed by atoms with Crippen LogP contribution in [0.25, 0.3) is 0 Å². The maximum absolute atomic E-state index is 12.4. The zero-order chi connectivity index (χ0) is 11.6. The van der Waals surface area contributed by atoms with Crippen molar-refractivity contribution in [3.05, 3.63) is 34.3 Å². The van der Waals surface area contributed by atoms with E-state index >= 15 is 0 Å². The Balaban J connectivity index is 3.17. The van der Waals surface area contributed by atoms with Crippen molar-refractivity contribution in [1.82, 2.24) is 0 Å². The molecule has 0 fully saturated rings. The van der Waals surface area contributed by atoms with Crippen LogP contribution in [0, 0.1) is 0 Å². The molecule has 1 atom stereocenters. The first kappa shape index (κ1) is 12.3. The maximum Gasteiger partial charge on any atom is 0.416 e. The first-order chi connectivity index (χ1) is 6.84. The van der Waals surface area contributed by atoms with Gasteiger partial charge in [0, 0.05) is 17.6 Å². The monoisotopic (exact) mass is 238 g/mol. The number of hydrogen-bond donors (Lipinski definition) is 2. The molecule has 4 N–H and O–H groups in total. The van der Waals surface area contributed by atoms with Gasteiger partial charge in [-0.05, 0) is 23.8 Å². The van der Waals surface area contributed by atoms with Gasteiger partial charge in [-0.1, -0.05) is 11.6 Å². The maximum atomic E-state index is 12.4. The lowest BCUT2D eigenvalue weighted by atomic mass is 10.0. The van der Waals surface area contributed by atoms with E-state index in [0.29, 0.717) is 0 Å². The van der Waals surface area contributed by atoms with Gasteiger partial charge < -0.3 is 11.5 Å². The largest absolute Gasteiger partial charge is 0.416 e. The lowest BCUT2D eigenvalue weighted by Crippen LogP contribution is -2.21. The van der Waals surface area contributed by atoms with Crippen molar-refractivity contribution in [2.75, 3.05) is 6.54 Å². The van der Waals surface area contributed by atoms with Crippen LogP contribution in [-0.4, -0.2) is 6.54 Å². The molecule has 6 heteroatoms. The van der Waals surface area contributed by atoms with Gasteiger partial charge in [-0.25, -0.2) is 0 Å². The van der Waals surface area contributed by atoms with Gasteiger partial charge in [0.25, 0.3) is 0 Å². The first-order valence-electron chi connectivity index (χ1n) is 4.18. The molecule has 0 radical (unpaired) electrons. The van der Waals surface area contributed by atoms with Crippen LogP contribution in [0.2, 0.25) is 5.02 Å². The van der Waals surface area contributed by atoms with Gasteiger partial charge in [0.2, 0.25) is 0 Å². The van der Waals surface area contributed by atoms with Crippen LogP contribution in [0.1, 0.15) is 17.2 Å². The fourth-order valence-corrected chi connectivity index (χ4v) is 1.37. The summed E-state index contributed by atoms with van der Waals surface area (Å²) in [6.45, 7) is 0.0671. The standard InChI is InChI=1S/C9H10ClF3N2/c10-7-2-5(8(15)4-14)1-6(3-7)9(11,12)13/h1-3,8H,4,14-15H2. The lowest BCUT2D eigenvalue weighted by Gasteiger charge is -2.13. The molecule has 0 aliphatic rings. The number of halogens is 4. The van der Waals surface area contributed by atoms with Crippen molar-refractivity contribution >= 4 is 11.6 Å². The van der Waals surface area contributed by atoms with Crippen molar-refractivity contribution in [3.8, 4) is 0 Å². The van der Waals surface area contributed by atoms with Gasteiger partial charge in [-0.3, -0.25) is 0 Å². The molecule has 1 aromatic rings. The molecule has 1 unspecified atom stereocenters. The molecule has 0 bridgehead atoms. The van der Waals surface area contributed by atoms with Crippen molar-refractivity contribution < 1.29 is 13.2 Å². The van der Waals surface area contributed by atoms with E-state index in [1.54, 1.807) is 0 Å². The molecule has 0 aliphatic carbocycles. The minimum absolute atomic E-state index is 0.00345. The van der Waals surface area contributed by atoms with Gasteiger partial charge >= 0.3 is 6.18 Å². The summed E-state index contributed by atoms with van der Waals surface area (Å²) in [5.74, 6) is 0. The highest BCUT2D eigenvalue weighted by molar-refractivity contribution is 6.30. The van der Waals surface area contributed by atoms with Crippen LogP contribution in [0.15, 0.2) is 18.2 Å². The Morgan fingerprint density at radius 2 is 1.87 bits per heavy atom. The fourth-order valence-electron chi connectivity index (χ4n) is 1.13. The van der Waals surface area contributed by atoms with Crippen LogP contribution in [0.4, 0.5) is 13.2 Å². The lowest BCUT2D eigenvalue weighted by molar-refractivity contribution is -0.137. The van der Waals surface area contributed by atoms with E-state index in [2.05, 4.69) is 0 Å². The molecule has 0 saturated carbocycles. The molecule has 84 valence electrons. The van der Waals surface area contributed by atoms with E-state index < -0.39 is 17.8 Å². The quantitative estimate of drug-likeness (QED) is 0.831. The number of benzene rings is 1. The molecular formula is C9H10ClF3N2. The summed E-state index contributed by atoms with van der Waals surface area (Å²) in [4.78, 5) is 0. The Hall–Kier alpha value is -0.780. The van der Waals surface area contributed by atoms with Crippen LogP contribution in [0.3, 0.4) is 0 Å². The molecule has 2 nitrogen and oxygen atoms in total. The zero-order valence-electron chi connectivity index (χ0n) is 7.68. The molecule has 0 spiro atoms. The molecule has 1 aromatic carbocycles. The van der Waals surface area contributed by atoms with Crippen LogP contribution >= 0.6 is 11.6 Å². The van der Waals surface area contributed by atoms with Crippen LogP contribution in [-0.2, 0) is 6.18 Å². The summed E-state index contributed by atoms with van der Waals surface area (Å²) >= 11 is 5.56. The zero-order valence-corrected chi connectivity index (χ0v) is 8.44. The molecule has 0 heterocycles. The van der Waals surface area contributed by atoms with Crippen molar-refractivity contribution in [2.24, 2.45) is 11.5 Å². The smallest absolute Gasteiger partial charge is 0.329 e. The van der Waals surface area contributed by atoms with Crippen molar-refractivity contribution in [1.29, 1.82) is 0 Å². The predicted octanol–water partition coefficient (Wildman–Crippen LogP) is 2.32. The highest BCUT2D eigenvalue weighted by Crippen LogP contribution is 2.32. The summed E-state index contributed by atoms with van der Waals surface area (Å²) in [5, 5.41) is 0.00345. The van der Waals surface area contributed by atoms with Crippen LogP contribution in [0.5, 0.6) is 0 Å². The van der Waals surface area contributed by atoms with Gasteiger partial charge in [0.1, 0.15) is 0 Å². The minimum atomic E-state index is -4.42. The molecule has 1 rings (SSSR count). The first-order valence-corrected chi connectivity index (χ1v) is 4.55.